The maximum Gasteiger partial charge on any atom is 0.306 e. The first-order chi connectivity index (χ1) is 20.4. The molecule has 2 heterocycles. The molecule has 10 atom stereocenters. The van der Waals surface area contributed by atoms with Gasteiger partial charge >= 0.3 is 17.9 Å². The molecule has 0 amide bonds. The van der Waals surface area contributed by atoms with Crippen LogP contribution in [0.15, 0.2) is 0 Å². The highest BCUT2D eigenvalue weighted by Crippen LogP contribution is 2.67. The fourth-order valence-electron chi connectivity index (χ4n) is 11.4. The summed E-state index contributed by atoms with van der Waals surface area (Å²) in [6.07, 6.45) is 9.66. The average molecular weight is 684 g/mol. The quantitative estimate of drug-likeness (QED) is 0.317. The monoisotopic (exact) mass is 682 g/mol. The summed E-state index contributed by atoms with van der Waals surface area (Å²) < 4.78 is 19.2. The van der Waals surface area contributed by atoms with Gasteiger partial charge in [0.1, 0.15) is 12.1 Å². The number of quaternary nitrogens is 1. The van der Waals surface area contributed by atoms with E-state index in [9.17, 15) is 14.4 Å². The Balaban J connectivity index is 0.00000384. The molecule has 250 valence electrons. The molecule has 10 heteroatoms. The van der Waals surface area contributed by atoms with Crippen LogP contribution in [-0.4, -0.2) is 103 Å². The van der Waals surface area contributed by atoms with E-state index < -0.39 is 5.97 Å². The highest BCUT2D eigenvalue weighted by atomic mass is 79.9. The van der Waals surface area contributed by atoms with Gasteiger partial charge in [0.05, 0.1) is 46.2 Å². The van der Waals surface area contributed by atoms with Gasteiger partial charge in [0.2, 0.25) is 0 Å². The Morgan fingerprint density at radius 3 is 2.32 bits per heavy atom. The van der Waals surface area contributed by atoms with E-state index in [1.807, 2.05) is 0 Å². The van der Waals surface area contributed by atoms with Gasteiger partial charge < -0.3 is 40.8 Å². The van der Waals surface area contributed by atoms with Gasteiger partial charge in [0, 0.05) is 50.7 Å². The predicted molar refractivity (Wildman–Crippen MR) is 160 cm³/mol. The van der Waals surface area contributed by atoms with E-state index >= 15 is 0 Å². The van der Waals surface area contributed by atoms with Crippen molar-refractivity contribution in [2.24, 2.45) is 34.5 Å². The Morgan fingerprint density at radius 1 is 0.955 bits per heavy atom. The second kappa shape index (κ2) is 13.1. The first-order valence-corrected chi connectivity index (χ1v) is 17.2. The number of rotatable bonds is 7. The molecule has 1 N–H and O–H groups in total. The minimum Gasteiger partial charge on any atom is -1.00 e. The van der Waals surface area contributed by atoms with Crippen molar-refractivity contribution in [2.75, 3.05) is 46.4 Å². The second-order valence-corrected chi connectivity index (χ2v) is 15.7. The fraction of sp³-hybridized carbons (Fsp3) is 0.912. The van der Waals surface area contributed by atoms with E-state index in [-0.39, 0.29) is 70.8 Å². The average Bonchev–Trinajstić information content (AvgIpc) is 3.54. The number of morpholine rings is 1. The lowest BCUT2D eigenvalue weighted by Gasteiger charge is -2.62. The lowest BCUT2D eigenvalue weighted by Crippen LogP contribution is -3.00. The Bertz CT molecular complexity index is 1080. The smallest absolute Gasteiger partial charge is 0.306 e. The number of aliphatic carboxylic acids is 1. The highest BCUT2D eigenvalue weighted by Gasteiger charge is 2.67. The van der Waals surface area contributed by atoms with Crippen molar-refractivity contribution in [3.05, 3.63) is 0 Å². The molecule has 6 rings (SSSR count). The molecule has 0 radical (unpaired) electrons. The zero-order valence-electron chi connectivity index (χ0n) is 27.3. The van der Waals surface area contributed by atoms with Crippen molar-refractivity contribution in [2.45, 2.75) is 116 Å². The number of hydrogen-bond acceptors (Lipinski definition) is 7. The summed E-state index contributed by atoms with van der Waals surface area (Å²) in [7, 11) is 2.41. The molecule has 2 aliphatic heterocycles. The summed E-state index contributed by atoms with van der Waals surface area (Å²) in [5.41, 5.74) is 0.170. The van der Waals surface area contributed by atoms with Gasteiger partial charge in [-0.05, 0) is 67.6 Å². The van der Waals surface area contributed by atoms with Crippen LogP contribution in [-0.2, 0) is 28.6 Å². The van der Waals surface area contributed by atoms with E-state index in [1.165, 1.54) is 32.4 Å². The molecular weight excluding hydrogens is 628 g/mol. The zero-order valence-corrected chi connectivity index (χ0v) is 28.9. The summed E-state index contributed by atoms with van der Waals surface area (Å²) >= 11 is 0. The van der Waals surface area contributed by atoms with Gasteiger partial charge in [-0.15, -0.1) is 0 Å². The van der Waals surface area contributed by atoms with Crippen LogP contribution in [0.25, 0.3) is 0 Å². The number of fused-ring (bicyclic) bond motifs is 5. The first-order valence-electron chi connectivity index (χ1n) is 17.2. The van der Waals surface area contributed by atoms with Crippen molar-refractivity contribution in [3.8, 4) is 0 Å². The molecule has 6 aliphatic rings. The highest BCUT2D eigenvalue weighted by molar-refractivity contribution is 5.76. The molecule has 4 saturated carbocycles. The number of ether oxygens (including phenoxy) is 3. The topological polar surface area (TPSA) is 102 Å². The number of hydrogen-bond donors (Lipinski definition) is 1. The summed E-state index contributed by atoms with van der Waals surface area (Å²) in [6, 6.07) is 0.512. The number of carboxylic acids is 1. The Labute approximate surface area is 274 Å². The van der Waals surface area contributed by atoms with Crippen LogP contribution in [0.4, 0.5) is 0 Å². The van der Waals surface area contributed by atoms with Crippen LogP contribution in [0.2, 0.25) is 0 Å². The number of likely N-dealkylation sites (tertiary alicyclic amines) is 1. The number of likely N-dealkylation sites (N-methyl/N-ethyl adjacent to an activating group) is 1. The van der Waals surface area contributed by atoms with E-state index in [0.29, 0.717) is 42.9 Å². The molecule has 0 aromatic rings. The third-order valence-electron chi connectivity index (χ3n) is 13.6. The number of carbonyl (C=O) groups is 3. The van der Waals surface area contributed by atoms with Gasteiger partial charge in [0.15, 0.2) is 6.10 Å². The van der Waals surface area contributed by atoms with E-state index in [1.54, 1.807) is 6.92 Å². The van der Waals surface area contributed by atoms with E-state index in [0.717, 1.165) is 56.1 Å². The third kappa shape index (κ3) is 6.11. The van der Waals surface area contributed by atoms with Crippen molar-refractivity contribution in [1.29, 1.82) is 0 Å². The van der Waals surface area contributed by atoms with Crippen molar-refractivity contribution >= 4 is 17.9 Å². The molecule has 0 aromatic carbocycles. The molecule has 2 saturated heterocycles. The molecule has 3 unspecified atom stereocenters. The van der Waals surface area contributed by atoms with Crippen LogP contribution < -0.4 is 17.0 Å². The van der Waals surface area contributed by atoms with Crippen LogP contribution in [0.1, 0.15) is 91.4 Å². The molecule has 0 aromatic heterocycles. The normalized spacial score (nSPS) is 43.1. The molecule has 44 heavy (non-hydrogen) atoms. The van der Waals surface area contributed by atoms with Gasteiger partial charge in [-0.2, -0.15) is 0 Å². The molecular formula is C34H55BrN2O7. The number of carbonyl (C=O) groups excluding carboxylic acids is 2. The van der Waals surface area contributed by atoms with E-state index in [2.05, 4.69) is 25.8 Å². The van der Waals surface area contributed by atoms with E-state index in [4.69, 9.17) is 19.3 Å². The van der Waals surface area contributed by atoms with Gasteiger partial charge in [0.25, 0.3) is 0 Å². The SMILES string of the molecule is CC(=O)O[C@H]1[C@@H]([N+]2(C)CCCC2)CC2C3CC[C@H]4C[C@H](OC(=O)CCC(=O)O)[C@@H](N5CCOCC5)C[C@]4(C)C3CC[C@@]21C.[Br-]. The molecule has 4 aliphatic carbocycles. The number of carboxylic acid groups (broad SMARTS) is 1. The minimum atomic E-state index is -0.966. The van der Waals surface area contributed by atoms with Crippen LogP contribution in [0.3, 0.4) is 0 Å². The maximum atomic E-state index is 12.8. The summed E-state index contributed by atoms with van der Waals surface area (Å²) in [5, 5.41) is 9.10. The lowest BCUT2D eigenvalue weighted by atomic mass is 9.44. The van der Waals surface area contributed by atoms with Crippen molar-refractivity contribution in [1.82, 2.24) is 4.90 Å². The molecule has 9 nitrogen and oxygen atoms in total. The standard InChI is InChI=1S/C34H54N2O7.BrH/c1-22(37)42-32-28(36(4)15-5-6-16-36)20-26-24-8-7-23-19-29(43-31(40)10-9-30(38)39)27(35-13-17-41-18-14-35)21-34(23,3)25(24)11-12-33(26,32)2;/h23-29,32H,5-21H2,1-4H3;1H/t23-,24?,25?,26?,27-,28-,29-,32-,33-,34-;/m0./s1. The fourth-order valence-corrected chi connectivity index (χ4v) is 11.4. The second-order valence-electron chi connectivity index (χ2n) is 15.7. The Morgan fingerprint density at radius 2 is 1.66 bits per heavy atom. The van der Waals surface area contributed by atoms with Gasteiger partial charge in [-0.3, -0.25) is 19.3 Å². The van der Waals surface area contributed by atoms with Crippen LogP contribution in [0, 0.1) is 34.5 Å². The predicted octanol–water partition coefficient (Wildman–Crippen LogP) is 1.27. The molecule has 0 spiro atoms. The zero-order chi connectivity index (χ0) is 30.6. The molecule has 6 fully saturated rings. The van der Waals surface area contributed by atoms with Gasteiger partial charge in [-0.25, -0.2) is 0 Å². The third-order valence-corrected chi connectivity index (χ3v) is 13.6. The number of halogens is 1. The summed E-state index contributed by atoms with van der Waals surface area (Å²) in [6.45, 7) is 12.0. The van der Waals surface area contributed by atoms with Crippen LogP contribution in [0.5, 0.6) is 0 Å². The number of nitrogens with zero attached hydrogens (tertiary/aromatic N) is 2. The van der Waals surface area contributed by atoms with Gasteiger partial charge in [-0.1, -0.05) is 13.8 Å². The maximum absolute atomic E-state index is 12.8. The van der Waals surface area contributed by atoms with Crippen molar-refractivity contribution in [3.63, 3.8) is 0 Å². The Hall–Kier alpha value is -1.23. The van der Waals surface area contributed by atoms with Crippen molar-refractivity contribution < 1.29 is 55.2 Å². The molecule has 0 bridgehead atoms. The minimum absolute atomic E-state index is 0. The summed E-state index contributed by atoms with van der Waals surface area (Å²) in [4.78, 5) is 38.8. The first kappa shape index (κ1) is 34.1. The Kier molecular flexibility index (Phi) is 10.2. The van der Waals surface area contributed by atoms with Crippen LogP contribution >= 0.6 is 0 Å². The summed E-state index contributed by atoms with van der Waals surface area (Å²) in [5.74, 6) is 0.786. The largest absolute Gasteiger partial charge is 1.00 e. The number of esters is 2. The lowest BCUT2D eigenvalue weighted by molar-refractivity contribution is -0.924.